The van der Waals surface area contributed by atoms with Crippen LogP contribution in [0.5, 0.6) is 0 Å². The van der Waals surface area contributed by atoms with Crippen LogP contribution in [-0.2, 0) is 0 Å². The number of nitrogens with two attached hydrogens (primary N) is 1. The van der Waals surface area contributed by atoms with E-state index in [2.05, 4.69) is 15.0 Å². The summed E-state index contributed by atoms with van der Waals surface area (Å²) in [6.07, 6.45) is 6.73. The van der Waals surface area contributed by atoms with E-state index in [1.807, 2.05) is 24.3 Å². The smallest absolute Gasteiger partial charge is 0.180 e. The van der Waals surface area contributed by atoms with Gasteiger partial charge in [-0.05, 0) is 25.0 Å². The largest absolute Gasteiger partial charge is 0.384 e. The SMILES string of the molecule is Nc1cc(C2CCCC2)nc(-c2ccccn2)n1. The Kier molecular flexibility index (Phi) is 2.92. The van der Waals surface area contributed by atoms with Crippen molar-refractivity contribution in [3.63, 3.8) is 0 Å². The van der Waals surface area contributed by atoms with Crippen LogP contribution in [0.25, 0.3) is 11.5 Å². The minimum atomic E-state index is 0.535. The molecule has 0 aliphatic heterocycles. The Labute approximate surface area is 106 Å². The molecular formula is C14H16N4. The van der Waals surface area contributed by atoms with Crippen LogP contribution in [0.1, 0.15) is 37.3 Å². The van der Waals surface area contributed by atoms with Gasteiger partial charge in [-0.2, -0.15) is 0 Å². The highest BCUT2D eigenvalue weighted by molar-refractivity contribution is 5.52. The van der Waals surface area contributed by atoms with Crippen molar-refractivity contribution in [3.8, 4) is 11.5 Å². The number of anilines is 1. The standard InChI is InChI=1S/C14H16N4/c15-13-9-12(10-5-1-2-6-10)17-14(18-13)11-7-3-4-8-16-11/h3-4,7-10H,1-2,5-6H2,(H2,15,17,18). The van der Waals surface area contributed by atoms with E-state index in [4.69, 9.17) is 5.73 Å². The second-order valence-electron chi connectivity index (χ2n) is 4.74. The maximum absolute atomic E-state index is 5.89. The van der Waals surface area contributed by atoms with Gasteiger partial charge in [0.1, 0.15) is 11.5 Å². The third-order valence-electron chi connectivity index (χ3n) is 3.43. The highest BCUT2D eigenvalue weighted by Gasteiger charge is 2.20. The summed E-state index contributed by atoms with van der Waals surface area (Å²) in [5.74, 6) is 1.71. The lowest BCUT2D eigenvalue weighted by Crippen LogP contribution is -2.04. The molecule has 92 valence electrons. The van der Waals surface area contributed by atoms with E-state index in [0.717, 1.165) is 11.4 Å². The summed E-state index contributed by atoms with van der Waals surface area (Å²) in [6, 6.07) is 7.63. The minimum Gasteiger partial charge on any atom is -0.384 e. The van der Waals surface area contributed by atoms with E-state index >= 15 is 0 Å². The van der Waals surface area contributed by atoms with Gasteiger partial charge in [-0.1, -0.05) is 18.9 Å². The Morgan fingerprint density at radius 3 is 2.67 bits per heavy atom. The fourth-order valence-corrected chi connectivity index (χ4v) is 2.53. The van der Waals surface area contributed by atoms with Crippen LogP contribution < -0.4 is 5.73 Å². The molecule has 3 rings (SSSR count). The van der Waals surface area contributed by atoms with Crippen molar-refractivity contribution in [2.75, 3.05) is 5.73 Å². The van der Waals surface area contributed by atoms with Crippen LogP contribution in [0.3, 0.4) is 0 Å². The van der Waals surface area contributed by atoms with E-state index in [-0.39, 0.29) is 0 Å². The quantitative estimate of drug-likeness (QED) is 0.876. The molecule has 0 spiro atoms. The van der Waals surface area contributed by atoms with Crippen LogP contribution in [0.2, 0.25) is 0 Å². The Bertz CT molecular complexity index is 533. The van der Waals surface area contributed by atoms with Crippen molar-refractivity contribution in [2.24, 2.45) is 0 Å². The summed E-state index contributed by atoms with van der Waals surface area (Å²) in [4.78, 5) is 13.2. The number of nitrogens with zero attached hydrogens (tertiary/aromatic N) is 3. The third-order valence-corrected chi connectivity index (χ3v) is 3.43. The summed E-state index contributed by atoms with van der Waals surface area (Å²) in [5, 5.41) is 0. The van der Waals surface area contributed by atoms with Crippen molar-refractivity contribution in [1.82, 2.24) is 15.0 Å². The first-order valence-corrected chi connectivity index (χ1v) is 6.39. The summed E-state index contributed by atoms with van der Waals surface area (Å²) in [7, 11) is 0. The van der Waals surface area contributed by atoms with Gasteiger partial charge in [0, 0.05) is 23.9 Å². The molecule has 1 aliphatic carbocycles. The van der Waals surface area contributed by atoms with Crippen molar-refractivity contribution in [2.45, 2.75) is 31.6 Å². The molecule has 4 nitrogen and oxygen atoms in total. The number of hydrogen-bond donors (Lipinski definition) is 1. The number of rotatable bonds is 2. The molecule has 1 saturated carbocycles. The van der Waals surface area contributed by atoms with Crippen LogP contribution in [-0.4, -0.2) is 15.0 Å². The first kappa shape index (κ1) is 11.1. The Morgan fingerprint density at radius 2 is 1.94 bits per heavy atom. The number of hydrogen-bond acceptors (Lipinski definition) is 4. The molecule has 2 N–H and O–H groups in total. The normalized spacial score (nSPS) is 16.0. The lowest BCUT2D eigenvalue weighted by Gasteiger charge is -2.10. The maximum atomic E-state index is 5.89. The average Bonchev–Trinajstić information content (AvgIpc) is 2.93. The predicted molar refractivity (Wildman–Crippen MR) is 70.9 cm³/mol. The van der Waals surface area contributed by atoms with Crippen molar-refractivity contribution in [1.29, 1.82) is 0 Å². The Hall–Kier alpha value is -1.97. The van der Waals surface area contributed by atoms with Crippen molar-refractivity contribution >= 4 is 5.82 Å². The van der Waals surface area contributed by atoms with Gasteiger partial charge in [-0.25, -0.2) is 9.97 Å². The second-order valence-corrected chi connectivity index (χ2v) is 4.74. The average molecular weight is 240 g/mol. The van der Waals surface area contributed by atoms with E-state index < -0.39 is 0 Å². The molecule has 1 aliphatic rings. The van der Waals surface area contributed by atoms with Crippen molar-refractivity contribution in [3.05, 3.63) is 36.2 Å². The first-order valence-electron chi connectivity index (χ1n) is 6.39. The van der Waals surface area contributed by atoms with E-state index in [9.17, 15) is 0 Å². The lowest BCUT2D eigenvalue weighted by atomic mass is 10.0. The minimum absolute atomic E-state index is 0.535. The van der Waals surface area contributed by atoms with Crippen LogP contribution >= 0.6 is 0 Å². The molecule has 0 radical (unpaired) electrons. The van der Waals surface area contributed by atoms with Crippen LogP contribution in [0.4, 0.5) is 5.82 Å². The Morgan fingerprint density at radius 1 is 1.11 bits per heavy atom. The summed E-state index contributed by atoms with van der Waals surface area (Å²) < 4.78 is 0. The molecule has 18 heavy (non-hydrogen) atoms. The first-order chi connectivity index (χ1) is 8.83. The number of aromatic nitrogens is 3. The van der Waals surface area contributed by atoms with Crippen molar-refractivity contribution < 1.29 is 0 Å². The van der Waals surface area contributed by atoms with Gasteiger partial charge in [0.05, 0.1) is 0 Å². The Balaban J connectivity index is 2.00. The highest BCUT2D eigenvalue weighted by Crippen LogP contribution is 2.34. The summed E-state index contributed by atoms with van der Waals surface area (Å²) in [6.45, 7) is 0. The monoisotopic (exact) mass is 240 g/mol. The number of pyridine rings is 1. The fourth-order valence-electron chi connectivity index (χ4n) is 2.53. The van der Waals surface area contributed by atoms with Gasteiger partial charge in [0.25, 0.3) is 0 Å². The maximum Gasteiger partial charge on any atom is 0.180 e. The second kappa shape index (κ2) is 4.72. The molecule has 2 aromatic rings. The molecule has 4 heteroatoms. The molecule has 1 fully saturated rings. The zero-order valence-electron chi connectivity index (χ0n) is 10.2. The molecule has 2 aromatic heterocycles. The zero-order chi connectivity index (χ0) is 12.4. The molecule has 0 saturated heterocycles. The van der Waals surface area contributed by atoms with Gasteiger partial charge in [0.2, 0.25) is 0 Å². The van der Waals surface area contributed by atoms with Crippen LogP contribution in [0.15, 0.2) is 30.5 Å². The van der Waals surface area contributed by atoms with E-state index in [0.29, 0.717) is 17.6 Å². The zero-order valence-corrected chi connectivity index (χ0v) is 10.2. The topological polar surface area (TPSA) is 64.7 Å². The molecule has 0 unspecified atom stereocenters. The molecule has 0 aromatic carbocycles. The molecule has 0 amide bonds. The number of nitrogen functional groups attached to an aromatic ring is 1. The van der Waals surface area contributed by atoms with E-state index in [1.54, 1.807) is 6.20 Å². The van der Waals surface area contributed by atoms with Crippen LogP contribution in [0, 0.1) is 0 Å². The highest BCUT2D eigenvalue weighted by atomic mass is 15.0. The molecule has 2 heterocycles. The molecule has 0 atom stereocenters. The molecular weight excluding hydrogens is 224 g/mol. The van der Waals surface area contributed by atoms with Gasteiger partial charge in [-0.3, -0.25) is 4.98 Å². The molecule has 0 bridgehead atoms. The summed E-state index contributed by atoms with van der Waals surface area (Å²) >= 11 is 0. The van der Waals surface area contributed by atoms with Gasteiger partial charge in [0.15, 0.2) is 5.82 Å². The van der Waals surface area contributed by atoms with Gasteiger partial charge in [-0.15, -0.1) is 0 Å². The lowest BCUT2D eigenvalue weighted by molar-refractivity contribution is 0.696. The van der Waals surface area contributed by atoms with Gasteiger partial charge < -0.3 is 5.73 Å². The predicted octanol–water partition coefficient (Wildman–Crippen LogP) is 2.78. The third kappa shape index (κ3) is 2.18. The van der Waals surface area contributed by atoms with Gasteiger partial charge >= 0.3 is 0 Å². The fraction of sp³-hybridized carbons (Fsp3) is 0.357. The van der Waals surface area contributed by atoms with E-state index in [1.165, 1.54) is 25.7 Å². The summed E-state index contributed by atoms with van der Waals surface area (Å²) in [5.41, 5.74) is 7.74.